The van der Waals surface area contributed by atoms with Gasteiger partial charge >= 0.3 is 0 Å². The minimum Gasteiger partial charge on any atom is -0.508 e. The van der Waals surface area contributed by atoms with Gasteiger partial charge in [0, 0.05) is 44.5 Å². The molecule has 738 valence electrons. The molecule has 0 radical (unpaired) electrons. The molecular weight excluding hydrogens is 1820 g/mol. The van der Waals surface area contributed by atoms with Crippen molar-refractivity contribution in [1.29, 1.82) is 0 Å². The third kappa shape index (κ3) is 18.7. The lowest BCUT2D eigenvalue weighted by Crippen LogP contribution is -2.42. The SMILES string of the molecule is COc1ccc(C2(O)c3ccc(C)c(C)c3OCC2c2ccc(O)c(O)c2)cc1.COc1ccc(C2(O)c3ccc(C)c(C)c3OCC2c2ccc(O)cc2)cc1.COc1ccc(C2(O)c3ccc(O)c(C)c3OCC2c2ccc(O)c(O)c2)cc1.COc1ccc(C2(O)c3ccc(O)c(C)c3OCC2c2cccc(O)c2)cc1.COc1ccc(C2(O)c3ccc(O)c(C)c3OCC2c2cccc(OC)c2)cc1. The van der Waals surface area contributed by atoms with Crippen molar-refractivity contribution in [3.8, 4) is 115 Å². The molecule has 15 aromatic rings. The van der Waals surface area contributed by atoms with Gasteiger partial charge in [0.2, 0.25) is 0 Å². The fourth-order valence-electron chi connectivity index (χ4n) is 19.9. The average molecular weight is 1930 g/mol. The van der Waals surface area contributed by atoms with Crippen LogP contribution in [0.2, 0.25) is 0 Å². The summed E-state index contributed by atoms with van der Waals surface area (Å²) in [5, 5.41) is 150. The number of rotatable bonds is 16. The number of fused-ring (bicyclic) bond motifs is 5. The van der Waals surface area contributed by atoms with Gasteiger partial charge in [-0.1, -0.05) is 133 Å². The van der Waals surface area contributed by atoms with Gasteiger partial charge in [0.25, 0.3) is 0 Å². The summed E-state index contributed by atoms with van der Waals surface area (Å²) >= 11 is 0. The van der Waals surface area contributed by atoms with E-state index in [4.69, 9.17) is 52.1 Å². The zero-order valence-electron chi connectivity index (χ0n) is 81.4. The molecule has 0 bridgehead atoms. The molecule has 25 heteroatoms. The zero-order chi connectivity index (χ0) is 102. The predicted molar refractivity (Wildman–Crippen MR) is 540 cm³/mol. The first-order valence-electron chi connectivity index (χ1n) is 46.5. The second-order valence-corrected chi connectivity index (χ2v) is 36.3. The molecule has 10 atom stereocenters. The minimum absolute atomic E-state index is 0.0848. The molecule has 0 aromatic heterocycles. The van der Waals surface area contributed by atoms with E-state index in [1.165, 1.54) is 30.3 Å². The fraction of sp³-hybridized carbons (Fsp3) is 0.237. The van der Waals surface area contributed by atoms with Gasteiger partial charge < -0.3 is 124 Å². The molecule has 14 N–H and O–H groups in total. The summed E-state index contributed by atoms with van der Waals surface area (Å²) in [5.41, 5.74) is 9.52. The van der Waals surface area contributed by atoms with Crippen LogP contribution in [-0.4, -0.2) is 147 Å². The number of aromatic hydroxyl groups is 9. The molecule has 0 saturated carbocycles. The van der Waals surface area contributed by atoms with Crippen LogP contribution in [0, 0.1) is 48.5 Å². The van der Waals surface area contributed by atoms with E-state index in [0.29, 0.717) is 125 Å². The Balaban J connectivity index is 0.000000128. The van der Waals surface area contributed by atoms with E-state index in [1.807, 2.05) is 179 Å². The van der Waals surface area contributed by atoms with Crippen LogP contribution in [0.1, 0.15) is 152 Å². The summed E-state index contributed by atoms with van der Waals surface area (Å²) in [7, 11) is 9.61. The lowest BCUT2D eigenvalue weighted by atomic mass is 9.71. The monoisotopic (exact) mass is 1930 g/mol. The van der Waals surface area contributed by atoms with E-state index in [0.717, 1.165) is 67.1 Å². The Bertz CT molecular complexity index is 6940. The average Bonchev–Trinajstić information content (AvgIpc) is 0.748. The molecule has 5 aliphatic rings. The summed E-state index contributed by atoms with van der Waals surface area (Å²) in [6, 6.07) is 84.7. The highest BCUT2D eigenvalue weighted by atomic mass is 16.5. The van der Waals surface area contributed by atoms with Gasteiger partial charge in [0.15, 0.2) is 23.0 Å². The van der Waals surface area contributed by atoms with E-state index in [1.54, 1.807) is 173 Å². The van der Waals surface area contributed by atoms with E-state index >= 15 is 0 Å². The van der Waals surface area contributed by atoms with Crippen LogP contribution in [0.15, 0.2) is 291 Å². The van der Waals surface area contributed by atoms with Gasteiger partial charge in [-0.05, 0) is 284 Å². The van der Waals surface area contributed by atoms with Crippen LogP contribution in [0.4, 0.5) is 0 Å². The Hall–Kier alpha value is -15.9. The molecule has 143 heavy (non-hydrogen) atoms. The Morgan fingerprint density at radius 2 is 0.448 bits per heavy atom. The maximum Gasteiger partial charge on any atom is 0.157 e. The number of aryl methyl sites for hydroxylation is 2. The zero-order valence-corrected chi connectivity index (χ0v) is 81.4. The highest BCUT2D eigenvalue weighted by Gasteiger charge is 2.53. The van der Waals surface area contributed by atoms with Crippen molar-refractivity contribution < 1.29 is 124 Å². The van der Waals surface area contributed by atoms with Crippen molar-refractivity contribution in [2.24, 2.45) is 0 Å². The highest BCUT2D eigenvalue weighted by Crippen LogP contribution is 2.59. The van der Waals surface area contributed by atoms with E-state index < -0.39 is 45.8 Å². The Morgan fingerprint density at radius 3 is 0.720 bits per heavy atom. The lowest BCUT2D eigenvalue weighted by molar-refractivity contribution is 0.00976. The number of hydrogen-bond acceptors (Lipinski definition) is 25. The lowest BCUT2D eigenvalue weighted by Gasteiger charge is -2.42. The van der Waals surface area contributed by atoms with Gasteiger partial charge in [-0.15, -0.1) is 0 Å². The van der Waals surface area contributed by atoms with Crippen LogP contribution in [0.5, 0.6) is 115 Å². The number of ether oxygens (including phenoxy) is 11. The molecule has 0 amide bonds. The molecule has 5 heterocycles. The van der Waals surface area contributed by atoms with Crippen molar-refractivity contribution >= 4 is 0 Å². The van der Waals surface area contributed by atoms with Gasteiger partial charge in [-0.25, -0.2) is 0 Å². The second kappa shape index (κ2) is 41.1. The van der Waals surface area contributed by atoms with Gasteiger partial charge in [0.05, 0.1) is 105 Å². The van der Waals surface area contributed by atoms with Crippen LogP contribution in [0.25, 0.3) is 0 Å². The Labute approximate surface area is 829 Å². The Kier molecular flexibility index (Phi) is 28.8. The minimum atomic E-state index is -1.50. The summed E-state index contributed by atoms with van der Waals surface area (Å²) in [5.74, 6) is 4.58. The molecule has 20 rings (SSSR count). The molecule has 0 saturated heterocycles. The summed E-state index contributed by atoms with van der Waals surface area (Å²) in [6.07, 6.45) is 0. The van der Waals surface area contributed by atoms with Crippen molar-refractivity contribution in [3.05, 3.63) is 414 Å². The van der Waals surface area contributed by atoms with Crippen LogP contribution in [-0.2, 0) is 28.0 Å². The molecule has 0 aliphatic carbocycles. The van der Waals surface area contributed by atoms with E-state index in [9.17, 15) is 71.5 Å². The molecule has 5 aliphatic heterocycles. The molecule has 0 fully saturated rings. The number of aliphatic hydroxyl groups is 5. The largest absolute Gasteiger partial charge is 0.508 e. The second-order valence-electron chi connectivity index (χ2n) is 36.3. The van der Waals surface area contributed by atoms with Crippen molar-refractivity contribution in [2.45, 2.75) is 106 Å². The molecule has 10 unspecified atom stereocenters. The summed E-state index contributed by atoms with van der Waals surface area (Å²) in [6.45, 7) is 14.5. The number of hydrogen-bond donors (Lipinski definition) is 14. The van der Waals surface area contributed by atoms with Gasteiger partial charge in [-0.3, -0.25) is 0 Å². The third-order valence-corrected chi connectivity index (χ3v) is 28.6. The van der Waals surface area contributed by atoms with E-state index in [2.05, 4.69) is 0 Å². The number of phenols is 9. The number of methoxy groups -OCH3 is 6. The summed E-state index contributed by atoms with van der Waals surface area (Å²) in [4.78, 5) is 0. The Morgan fingerprint density at radius 1 is 0.210 bits per heavy atom. The first-order valence-corrected chi connectivity index (χ1v) is 46.5. The van der Waals surface area contributed by atoms with Crippen molar-refractivity contribution in [1.82, 2.24) is 0 Å². The number of phenolic OH excluding ortho intramolecular Hbond substituents is 9. The normalized spacial score (nSPS) is 20.7. The molecule has 25 nitrogen and oxygen atoms in total. The van der Waals surface area contributed by atoms with E-state index in [-0.39, 0.29) is 90.0 Å². The fourth-order valence-corrected chi connectivity index (χ4v) is 19.9. The molecule has 0 spiro atoms. The molecule has 15 aromatic carbocycles. The van der Waals surface area contributed by atoms with Crippen molar-refractivity contribution in [3.63, 3.8) is 0 Å². The summed E-state index contributed by atoms with van der Waals surface area (Å²) < 4.78 is 61.9. The maximum atomic E-state index is 12.2. The quantitative estimate of drug-likeness (QED) is 0.0400. The topological polar surface area (TPSA) is 385 Å². The maximum absolute atomic E-state index is 12.2. The van der Waals surface area contributed by atoms with Gasteiger partial charge in [0.1, 0.15) is 120 Å². The number of benzene rings is 15. The molecular formula is C118H116O25. The van der Waals surface area contributed by atoms with Crippen LogP contribution >= 0.6 is 0 Å². The first-order chi connectivity index (χ1) is 68.6. The van der Waals surface area contributed by atoms with Crippen molar-refractivity contribution in [2.75, 3.05) is 75.7 Å². The highest BCUT2D eigenvalue weighted by molar-refractivity contribution is 5.65. The van der Waals surface area contributed by atoms with Crippen LogP contribution in [0.3, 0.4) is 0 Å². The standard InChI is InChI=1S/2C24H24O5.C24H24O4.C23H22O6.C23H22O5/c1-14-4-10-19-23(15(14)2)29-13-20(16-5-11-21(25)22(26)12-16)24(19,27)17-6-8-18(28-3)9-7-17;1-15-22(25)12-11-20-23(15)29-14-21(16-5-4-6-19(13-16)28-3)24(20,26)17-7-9-18(27-2)10-8-17;1-15-4-13-21-23(16(15)2)28-14-22(17-5-9-19(25)10-6-17)24(21,26)18-7-11-20(27-3)12-8-18;1-13-19(24)10-8-17-22(13)29-12-18(14-3-9-20(25)21(26)11-14)23(17,27)15-4-6-16(28-2)7-5-15;1-14-21(25)11-10-19-22(14)28-13-20(15-4-3-5-17(24)12-15)23(19,26)16-6-8-18(27-2)9-7-16/h4-12,20,25-27H,13H2,1-3H3;4-13,21,25-26H,14H2,1-3H3;4-13,22,25-26H,14H2,1-3H3;3-11,18,24-27H,12H2,1-2H3;3-12,20,24-26H,13H2,1-2H3. The smallest absolute Gasteiger partial charge is 0.157 e. The van der Waals surface area contributed by atoms with Gasteiger partial charge in [-0.2, -0.15) is 0 Å². The third-order valence-electron chi connectivity index (χ3n) is 28.6. The van der Waals surface area contributed by atoms with Crippen LogP contribution < -0.4 is 52.1 Å². The predicted octanol–water partition coefficient (Wildman–Crippen LogP) is 20.1. The first kappa shape index (κ1) is 100.